The van der Waals surface area contributed by atoms with Crippen molar-refractivity contribution in [3.05, 3.63) is 202 Å². The standard InChI is InChI=1S/C83H90BN3S/c1-51-24-22-23-29-65(51)85(53-27-20-17-21-28-53)55-45-68-73-69(46-55)87(66-33-32-58-72(71(66)52-25-18-16-19-26-52)81(12,13)39-38-77(58,4)5)67-49-61-60(79(8,9)36-37-80(61,10)11)48-64(67)84(73)75-74(86(68)54-30-31-57-59(44-54)78(6,7)35-34-76(57,2)3)56-47-62-63(50-70(56)88-75)83(15)42-40-82(62,14)41-43-83/h16-33,44-50H,34-43H2,1-15H3/i1D3. The van der Waals surface area contributed by atoms with Crippen LogP contribution < -0.4 is 30.4 Å². The Balaban J connectivity index is 1.11. The molecule has 88 heavy (non-hydrogen) atoms. The molecular formula is C83H90BN3S. The fraction of sp³-hybridized carbons (Fsp3) is 0.398. The summed E-state index contributed by atoms with van der Waals surface area (Å²) >= 11 is 2.05. The largest absolute Gasteiger partial charge is 0.311 e. The van der Waals surface area contributed by atoms with Gasteiger partial charge in [-0.3, -0.25) is 0 Å². The van der Waals surface area contributed by atoms with Crippen molar-refractivity contribution in [3.63, 3.8) is 0 Å². The average molecular weight is 1180 g/mol. The lowest BCUT2D eigenvalue weighted by Gasteiger charge is -2.52. The van der Waals surface area contributed by atoms with Crippen molar-refractivity contribution < 1.29 is 4.11 Å². The monoisotopic (exact) mass is 1170 g/mol. The molecule has 446 valence electrons. The molecule has 0 unspecified atom stereocenters. The van der Waals surface area contributed by atoms with Crippen LogP contribution in [0.3, 0.4) is 0 Å². The van der Waals surface area contributed by atoms with Crippen LogP contribution in [0.1, 0.15) is 215 Å². The van der Waals surface area contributed by atoms with Crippen LogP contribution in [-0.4, -0.2) is 6.71 Å². The predicted octanol–water partition coefficient (Wildman–Crippen LogP) is 21.6. The summed E-state index contributed by atoms with van der Waals surface area (Å²) in [4.78, 5) is 7.73. The third-order valence-corrected chi connectivity index (χ3v) is 25.5. The first-order valence-corrected chi connectivity index (χ1v) is 34.2. The number of benzene rings is 8. The van der Waals surface area contributed by atoms with Crippen LogP contribution in [0, 0.1) is 6.85 Å². The molecule has 1 saturated carbocycles. The Bertz CT molecular complexity index is 4530. The van der Waals surface area contributed by atoms with E-state index in [1.54, 1.807) is 11.1 Å². The molecule has 0 spiro atoms. The Morgan fingerprint density at radius 1 is 0.432 bits per heavy atom. The van der Waals surface area contributed by atoms with Crippen LogP contribution in [0.5, 0.6) is 0 Å². The topological polar surface area (TPSA) is 9.72 Å². The van der Waals surface area contributed by atoms with Gasteiger partial charge in [-0.1, -0.05) is 182 Å². The molecule has 6 aliphatic carbocycles. The zero-order valence-electron chi connectivity index (χ0n) is 57.8. The Labute approximate surface area is 534 Å². The highest BCUT2D eigenvalue weighted by molar-refractivity contribution is 7.33. The molecule has 0 radical (unpaired) electrons. The molecule has 2 bridgehead atoms. The normalized spacial score (nSPS) is 23.7. The van der Waals surface area contributed by atoms with E-state index < -0.39 is 6.85 Å². The second-order valence-electron chi connectivity index (χ2n) is 32.8. The molecule has 0 saturated heterocycles. The Kier molecular flexibility index (Phi) is 11.2. The van der Waals surface area contributed by atoms with Gasteiger partial charge in [0, 0.05) is 58.7 Å². The van der Waals surface area contributed by atoms with E-state index in [9.17, 15) is 4.11 Å². The number of thiophene rings is 1. The van der Waals surface area contributed by atoms with E-state index in [2.05, 4.69) is 250 Å². The van der Waals surface area contributed by atoms with Crippen LogP contribution in [0.15, 0.2) is 152 Å². The van der Waals surface area contributed by atoms with Crippen LogP contribution in [0.25, 0.3) is 21.2 Å². The van der Waals surface area contributed by atoms with Gasteiger partial charge in [0.15, 0.2) is 0 Å². The smallest absolute Gasteiger partial charge is 0.264 e. The van der Waals surface area contributed by atoms with Gasteiger partial charge < -0.3 is 14.7 Å². The first kappa shape index (κ1) is 53.1. The van der Waals surface area contributed by atoms with E-state index in [4.69, 9.17) is 0 Å². The van der Waals surface area contributed by atoms with Gasteiger partial charge in [0.05, 0.1) is 17.1 Å². The minimum Gasteiger partial charge on any atom is -0.311 e. The van der Waals surface area contributed by atoms with Crippen molar-refractivity contribution in [2.24, 2.45) is 0 Å². The Morgan fingerprint density at radius 3 is 1.61 bits per heavy atom. The molecule has 0 atom stereocenters. The van der Waals surface area contributed by atoms with Gasteiger partial charge in [-0.05, 0) is 248 Å². The van der Waals surface area contributed by atoms with E-state index in [0.29, 0.717) is 11.3 Å². The van der Waals surface area contributed by atoms with Crippen molar-refractivity contribution in [1.29, 1.82) is 0 Å². The highest BCUT2D eigenvalue weighted by atomic mass is 32.1. The van der Waals surface area contributed by atoms with Crippen molar-refractivity contribution >= 4 is 95.0 Å². The second-order valence-corrected chi connectivity index (χ2v) is 33.8. The summed E-state index contributed by atoms with van der Waals surface area (Å²) in [6.07, 6.45) is 11.5. The van der Waals surface area contributed by atoms with Crippen LogP contribution >= 0.6 is 11.3 Å². The van der Waals surface area contributed by atoms with Gasteiger partial charge in [0.2, 0.25) is 0 Å². The molecule has 2 aliphatic heterocycles. The molecule has 5 heteroatoms. The molecule has 3 nitrogen and oxygen atoms in total. The minimum absolute atomic E-state index is 0.0206. The maximum absolute atomic E-state index is 9.24. The van der Waals surface area contributed by atoms with Crippen molar-refractivity contribution in [2.75, 3.05) is 14.7 Å². The van der Waals surface area contributed by atoms with Crippen molar-refractivity contribution in [1.82, 2.24) is 0 Å². The molecule has 3 heterocycles. The number of nitrogens with zero attached hydrogens (tertiary/aromatic N) is 3. The molecule has 8 aliphatic rings. The van der Waals surface area contributed by atoms with E-state index in [1.807, 2.05) is 24.3 Å². The Hall–Kier alpha value is -6.82. The van der Waals surface area contributed by atoms with Crippen LogP contribution in [0.2, 0.25) is 0 Å². The maximum Gasteiger partial charge on any atom is 0.264 e. The summed E-state index contributed by atoms with van der Waals surface area (Å²) in [7, 11) is 0. The minimum atomic E-state index is -2.40. The lowest BCUT2D eigenvalue weighted by Crippen LogP contribution is -2.61. The van der Waals surface area contributed by atoms with Crippen molar-refractivity contribution in [2.45, 2.75) is 211 Å². The summed E-state index contributed by atoms with van der Waals surface area (Å²) in [6.45, 7) is 32.3. The van der Waals surface area contributed by atoms with Gasteiger partial charge >= 0.3 is 0 Å². The third-order valence-electron chi connectivity index (χ3n) is 24.3. The number of anilines is 9. The molecule has 9 aromatic rings. The SMILES string of the molecule is [2H]C([2H])([2H])c1ccccc1N(c1ccccc1)c1cc2c3c(c1)N(c1ccc4c(c1)C(C)(C)CCC4(C)C)c1c(sc4cc5c(cc14)C1(C)CCC5(C)CC1)B3c1cc3c(cc1N2c1ccc2c(c1-c1ccccc1)C(C)(C)CCC2(C)C)C(C)(C)CCC3(C)C. The molecule has 1 fully saturated rings. The van der Waals surface area contributed by atoms with E-state index in [1.165, 1.54) is 119 Å². The predicted molar refractivity (Wildman–Crippen MR) is 380 cm³/mol. The number of rotatable bonds is 6. The Morgan fingerprint density at radius 2 is 0.966 bits per heavy atom. The number of para-hydroxylation sites is 2. The third kappa shape index (κ3) is 8.05. The number of fused-ring (bicyclic) bond motifs is 11. The van der Waals surface area contributed by atoms with E-state index in [-0.39, 0.29) is 50.0 Å². The summed E-state index contributed by atoms with van der Waals surface area (Å²) in [6, 6.07) is 57.9. The van der Waals surface area contributed by atoms with Gasteiger partial charge in [-0.2, -0.15) is 0 Å². The number of aryl methyl sites for hydroxylation is 1. The molecule has 8 aromatic carbocycles. The quantitative estimate of drug-likeness (QED) is 0.154. The first-order valence-electron chi connectivity index (χ1n) is 34.8. The van der Waals surface area contributed by atoms with E-state index in [0.717, 1.165) is 61.3 Å². The van der Waals surface area contributed by atoms with Gasteiger partial charge in [0.25, 0.3) is 6.71 Å². The van der Waals surface area contributed by atoms with Crippen LogP contribution in [-0.2, 0) is 43.3 Å². The lowest BCUT2D eigenvalue weighted by atomic mass is 9.35. The lowest BCUT2D eigenvalue weighted by molar-refractivity contribution is 0.188. The molecular weight excluding hydrogens is 1080 g/mol. The first-order chi connectivity index (χ1) is 42.9. The molecule has 17 rings (SSSR count). The molecule has 0 amide bonds. The highest BCUT2D eigenvalue weighted by Crippen LogP contribution is 2.61. The number of hydrogen-bond acceptors (Lipinski definition) is 4. The second kappa shape index (κ2) is 18.7. The summed E-state index contributed by atoms with van der Waals surface area (Å²) < 4.78 is 30.5. The molecule has 0 N–H and O–H groups in total. The summed E-state index contributed by atoms with van der Waals surface area (Å²) in [5.74, 6) is 0. The highest BCUT2D eigenvalue weighted by Gasteiger charge is 2.52. The van der Waals surface area contributed by atoms with Gasteiger partial charge in [0.1, 0.15) is 0 Å². The van der Waals surface area contributed by atoms with E-state index >= 15 is 0 Å². The van der Waals surface area contributed by atoms with Gasteiger partial charge in [-0.15, -0.1) is 11.3 Å². The zero-order chi connectivity index (χ0) is 63.7. The van der Waals surface area contributed by atoms with Gasteiger partial charge in [-0.25, -0.2) is 0 Å². The number of hydrogen-bond donors (Lipinski definition) is 0. The summed E-state index contributed by atoms with van der Waals surface area (Å²) in [5.41, 5.74) is 26.7. The summed E-state index contributed by atoms with van der Waals surface area (Å²) in [5, 5.41) is 1.34. The fourth-order valence-electron chi connectivity index (χ4n) is 18.3. The van der Waals surface area contributed by atoms with Crippen LogP contribution in [0.4, 0.5) is 51.2 Å². The average Bonchev–Trinajstić information content (AvgIpc) is 1.67. The molecule has 1 aromatic heterocycles. The maximum atomic E-state index is 9.24. The van der Waals surface area contributed by atoms with Crippen molar-refractivity contribution in [3.8, 4) is 11.1 Å². The fourth-order valence-corrected chi connectivity index (χ4v) is 19.7. The zero-order valence-corrected chi connectivity index (χ0v) is 55.6.